The number of nitrogens with zero attached hydrogens (tertiary/aromatic N) is 3. The summed E-state index contributed by atoms with van der Waals surface area (Å²) in [5.41, 5.74) is 1.20. The standard InChI is InChI=1S/C17H22N4O4S/c1-25-17(22)13-5-6-15-14(8-13)16(19-11-18-15)21-7-3-4-12(10-21)9-20-26(2,23)24/h5-6,8,11-12,20H,3-4,7,9-10H2,1-2H3. The molecule has 1 aromatic heterocycles. The number of aromatic nitrogens is 2. The van der Waals surface area contributed by atoms with E-state index in [1.54, 1.807) is 18.2 Å². The molecule has 2 aromatic rings. The van der Waals surface area contributed by atoms with Crippen LogP contribution in [0.3, 0.4) is 0 Å². The molecule has 3 rings (SSSR count). The molecule has 9 heteroatoms. The number of piperidine rings is 1. The molecule has 0 amide bonds. The summed E-state index contributed by atoms with van der Waals surface area (Å²) in [5.74, 6) is 0.549. The number of rotatable bonds is 5. The summed E-state index contributed by atoms with van der Waals surface area (Å²) in [4.78, 5) is 22.7. The molecule has 1 N–H and O–H groups in total. The largest absolute Gasteiger partial charge is 0.465 e. The predicted molar refractivity (Wildman–Crippen MR) is 98.7 cm³/mol. The molecule has 0 aliphatic carbocycles. The monoisotopic (exact) mass is 378 g/mol. The molecule has 2 heterocycles. The number of benzene rings is 1. The minimum Gasteiger partial charge on any atom is -0.465 e. The van der Waals surface area contributed by atoms with Gasteiger partial charge in [-0.05, 0) is 37.0 Å². The first-order chi connectivity index (χ1) is 12.4. The maximum atomic E-state index is 11.8. The van der Waals surface area contributed by atoms with Crippen LogP contribution in [0.4, 0.5) is 5.82 Å². The van der Waals surface area contributed by atoms with Crippen molar-refractivity contribution in [3.8, 4) is 0 Å². The van der Waals surface area contributed by atoms with Gasteiger partial charge >= 0.3 is 5.97 Å². The van der Waals surface area contributed by atoms with E-state index in [-0.39, 0.29) is 5.92 Å². The van der Waals surface area contributed by atoms with E-state index in [1.807, 2.05) is 0 Å². The fraction of sp³-hybridized carbons (Fsp3) is 0.471. The van der Waals surface area contributed by atoms with Gasteiger partial charge in [-0.25, -0.2) is 27.9 Å². The van der Waals surface area contributed by atoms with Crippen LogP contribution in [0.25, 0.3) is 10.9 Å². The lowest BCUT2D eigenvalue weighted by molar-refractivity contribution is 0.0601. The van der Waals surface area contributed by atoms with Gasteiger partial charge in [0, 0.05) is 25.0 Å². The molecule has 1 atom stereocenters. The quantitative estimate of drug-likeness (QED) is 0.780. The van der Waals surface area contributed by atoms with E-state index in [2.05, 4.69) is 19.6 Å². The van der Waals surface area contributed by atoms with Crippen LogP contribution < -0.4 is 9.62 Å². The zero-order chi connectivity index (χ0) is 18.7. The molecule has 0 radical (unpaired) electrons. The smallest absolute Gasteiger partial charge is 0.337 e. The minimum absolute atomic E-state index is 0.201. The first kappa shape index (κ1) is 18.5. The molecule has 0 bridgehead atoms. The number of carbonyl (C=O) groups is 1. The van der Waals surface area contributed by atoms with Gasteiger partial charge in [0.2, 0.25) is 10.0 Å². The van der Waals surface area contributed by atoms with Gasteiger partial charge in [-0.3, -0.25) is 0 Å². The Balaban J connectivity index is 1.87. The van der Waals surface area contributed by atoms with Crippen molar-refractivity contribution in [1.82, 2.24) is 14.7 Å². The zero-order valence-corrected chi connectivity index (χ0v) is 15.6. The molecule has 1 aliphatic heterocycles. The second-order valence-electron chi connectivity index (χ2n) is 6.50. The van der Waals surface area contributed by atoms with Crippen LogP contribution in [0.2, 0.25) is 0 Å². The highest BCUT2D eigenvalue weighted by atomic mass is 32.2. The van der Waals surface area contributed by atoms with Gasteiger partial charge in [0.05, 0.1) is 24.4 Å². The predicted octanol–water partition coefficient (Wildman–Crippen LogP) is 1.18. The summed E-state index contributed by atoms with van der Waals surface area (Å²) in [6, 6.07) is 5.20. The molecule has 1 aliphatic rings. The number of sulfonamides is 1. The van der Waals surface area contributed by atoms with Crippen molar-refractivity contribution in [3.63, 3.8) is 0 Å². The number of anilines is 1. The number of esters is 1. The van der Waals surface area contributed by atoms with Crippen molar-refractivity contribution in [2.45, 2.75) is 12.8 Å². The van der Waals surface area contributed by atoms with E-state index in [1.165, 1.54) is 19.7 Å². The average molecular weight is 378 g/mol. The molecule has 140 valence electrons. The lowest BCUT2D eigenvalue weighted by atomic mass is 9.98. The molecule has 0 spiro atoms. The molecule has 8 nitrogen and oxygen atoms in total. The molecule has 26 heavy (non-hydrogen) atoms. The molecular formula is C17H22N4O4S. The van der Waals surface area contributed by atoms with Crippen molar-refractivity contribution in [3.05, 3.63) is 30.1 Å². The Morgan fingerprint density at radius 1 is 1.38 bits per heavy atom. The van der Waals surface area contributed by atoms with E-state index in [0.717, 1.165) is 36.1 Å². The molecule has 1 aromatic carbocycles. The number of nitrogens with one attached hydrogen (secondary N) is 1. The molecular weight excluding hydrogens is 356 g/mol. The summed E-state index contributed by atoms with van der Waals surface area (Å²) >= 11 is 0. The van der Waals surface area contributed by atoms with Gasteiger partial charge < -0.3 is 9.64 Å². The van der Waals surface area contributed by atoms with Crippen LogP contribution in [-0.2, 0) is 14.8 Å². The fourth-order valence-electron chi connectivity index (χ4n) is 3.23. The molecule has 1 saturated heterocycles. The third kappa shape index (κ3) is 4.28. The van der Waals surface area contributed by atoms with Gasteiger partial charge in [-0.15, -0.1) is 0 Å². The van der Waals surface area contributed by atoms with Crippen LogP contribution in [0.15, 0.2) is 24.5 Å². The topological polar surface area (TPSA) is 101 Å². The summed E-state index contributed by atoms with van der Waals surface area (Å²) in [6.45, 7) is 1.92. The second-order valence-corrected chi connectivity index (χ2v) is 8.33. The number of ether oxygens (including phenoxy) is 1. The second kappa shape index (κ2) is 7.55. The van der Waals surface area contributed by atoms with Gasteiger partial charge in [-0.2, -0.15) is 0 Å². The molecule has 1 unspecified atom stereocenters. The Bertz CT molecular complexity index is 916. The highest BCUT2D eigenvalue weighted by Crippen LogP contribution is 2.28. The highest BCUT2D eigenvalue weighted by molar-refractivity contribution is 7.88. The number of hydrogen-bond donors (Lipinski definition) is 1. The van der Waals surface area contributed by atoms with Gasteiger partial charge in [0.15, 0.2) is 0 Å². The Kier molecular flexibility index (Phi) is 5.38. The van der Waals surface area contributed by atoms with Crippen molar-refractivity contribution in [1.29, 1.82) is 0 Å². The Labute approximate surface area is 152 Å². The van der Waals surface area contributed by atoms with Crippen LogP contribution in [0.1, 0.15) is 23.2 Å². The van der Waals surface area contributed by atoms with Crippen LogP contribution in [0, 0.1) is 5.92 Å². The van der Waals surface area contributed by atoms with Crippen LogP contribution in [0.5, 0.6) is 0 Å². The van der Waals surface area contributed by atoms with Crippen LogP contribution in [-0.4, -0.2) is 57.4 Å². The summed E-state index contributed by atoms with van der Waals surface area (Å²) in [6.07, 6.45) is 4.57. The lowest BCUT2D eigenvalue weighted by Crippen LogP contribution is -2.41. The summed E-state index contributed by atoms with van der Waals surface area (Å²) in [7, 11) is -1.86. The average Bonchev–Trinajstić information content (AvgIpc) is 2.64. The third-order valence-corrected chi connectivity index (χ3v) is 5.18. The Hall–Kier alpha value is -2.26. The number of fused-ring (bicyclic) bond motifs is 1. The van der Waals surface area contributed by atoms with E-state index < -0.39 is 16.0 Å². The lowest BCUT2D eigenvalue weighted by Gasteiger charge is -2.34. The number of hydrogen-bond acceptors (Lipinski definition) is 7. The number of carbonyl (C=O) groups excluding carboxylic acids is 1. The van der Waals surface area contributed by atoms with E-state index in [0.29, 0.717) is 18.7 Å². The Morgan fingerprint density at radius 3 is 2.92 bits per heavy atom. The van der Waals surface area contributed by atoms with E-state index in [9.17, 15) is 13.2 Å². The fourth-order valence-corrected chi connectivity index (χ4v) is 3.77. The SMILES string of the molecule is COC(=O)c1ccc2ncnc(N3CCCC(CNS(C)(=O)=O)C3)c2c1. The normalized spacial score (nSPS) is 18.1. The van der Waals surface area contributed by atoms with Crippen molar-refractivity contribution >= 4 is 32.7 Å². The van der Waals surface area contributed by atoms with E-state index >= 15 is 0 Å². The van der Waals surface area contributed by atoms with Crippen molar-refractivity contribution in [2.75, 3.05) is 37.9 Å². The zero-order valence-electron chi connectivity index (χ0n) is 14.8. The maximum absolute atomic E-state index is 11.8. The van der Waals surface area contributed by atoms with Crippen LogP contribution >= 0.6 is 0 Å². The van der Waals surface area contributed by atoms with Gasteiger partial charge in [0.1, 0.15) is 12.1 Å². The maximum Gasteiger partial charge on any atom is 0.337 e. The first-order valence-electron chi connectivity index (χ1n) is 8.40. The summed E-state index contributed by atoms with van der Waals surface area (Å²) < 4.78 is 30.1. The Morgan fingerprint density at radius 2 is 2.19 bits per heavy atom. The van der Waals surface area contributed by atoms with Gasteiger partial charge in [0.25, 0.3) is 0 Å². The third-order valence-electron chi connectivity index (χ3n) is 4.49. The number of methoxy groups -OCH3 is 1. The minimum atomic E-state index is -3.20. The van der Waals surface area contributed by atoms with Gasteiger partial charge in [-0.1, -0.05) is 0 Å². The summed E-state index contributed by atoms with van der Waals surface area (Å²) in [5, 5.41) is 0.784. The molecule has 1 fully saturated rings. The first-order valence-corrected chi connectivity index (χ1v) is 10.3. The van der Waals surface area contributed by atoms with Crippen molar-refractivity contribution in [2.24, 2.45) is 5.92 Å². The van der Waals surface area contributed by atoms with E-state index in [4.69, 9.17) is 4.74 Å². The highest BCUT2D eigenvalue weighted by Gasteiger charge is 2.23. The van der Waals surface area contributed by atoms with Crippen molar-refractivity contribution < 1.29 is 17.9 Å². The molecule has 0 saturated carbocycles.